The van der Waals surface area contributed by atoms with Gasteiger partial charge in [0.15, 0.2) is 0 Å². The van der Waals surface area contributed by atoms with Gasteiger partial charge in [0.1, 0.15) is 0 Å². The molecule has 0 aromatic rings. The van der Waals surface area contributed by atoms with E-state index in [9.17, 15) is 4.79 Å². The van der Waals surface area contributed by atoms with Crippen molar-refractivity contribution in [2.75, 3.05) is 39.3 Å². The van der Waals surface area contributed by atoms with Crippen molar-refractivity contribution in [2.24, 2.45) is 5.73 Å². The molecular weight excluding hydrogens is 226 g/mol. The van der Waals surface area contributed by atoms with E-state index >= 15 is 0 Å². The minimum absolute atomic E-state index is 0.352. The molecule has 106 valence electrons. The van der Waals surface area contributed by atoms with Crippen molar-refractivity contribution < 1.29 is 4.79 Å². The zero-order chi connectivity index (χ0) is 13.2. The van der Waals surface area contributed by atoms with Gasteiger partial charge in [-0.2, -0.15) is 0 Å². The van der Waals surface area contributed by atoms with Gasteiger partial charge in [-0.1, -0.05) is 19.8 Å². The van der Waals surface area contributed by atoms with Gasteiger partial charge < -0.3 is 10.6 Å². The third kappa shape index (κ3) is 5.83. The second-order valence-electron chi connectivity index (χ2n) is 5.18. The predicted molar refractivity (Wildman–Crippen MR) is 75.5 cm³/mol. The molecule has 1 aliphatic heterocycles. The smallest absolute Gasteiger partial charge is 0.222 e. The maximum atomic E-state index is 11.9. The molecule has 2 N–H and O–H groups in total. The van der Waals surface area contributed by atoms with Crippen LogP contribution in [0, 0.1) is 0 Å². The highest BCUT2D eigenvalue weighted by molar-refractivity contribution is 5.76. The second-order valence-corrected chi connectivity index (χ2v) is 5.18. The van der Waals surface area contributed by atoms with Crippen LogP contribution in [-0.4, -0.2) is 55.0 Å². The summed E-state index contributed by atoms with van der Waals surface area (Å²) in [5.41, 5.74) is 5.49. The Bertz CT molecular complexity index is 225. The molecule has 1 heterocycles. The summed E-state index contributed by atoms with van der Waals surface area (Å²) in [4.78, 5) is 16.4. The summed E-state index contributed by atoms with van der Waals surface area (Å²) in [7, 11) is 0. The van der Waals surface area contributed by atoms with E-state index in [1.54, 1.807) is 0 Å². The van der Waals surface area contributed by atoms with Gasteiger partial charge in [0, 0.05) is 32.6 Å². The minimum Gasteiger partial charge on any atom is -0.340 e. The number of nitrogens with zero attached hydrogens (tertiary/aromatic N) is 2. The van der Waals surface area contributed by atoms with Crippen molar-refractivity contribution in [1.29, 1.82) is 0 Å². The van der Waals surface area contributed by atoms with Gasteiger partial charge in [0.25, 0.3) is 0 Å². The number of rotatable bonds is 8. The van der Waals surface area contributed by atoms with Crippen LogP contribution in [0.25, 0.3) is 0 Å². The molecule has 0 aliphatic carbocycles. The first-order valence-electron chi connectivity index (χ1n) is 7.48. The summed E-state index contributed by atoms with van der Waals surface area (Å²) in [5.74, 6) is 0.352. The number of piperazine rings is 1. The van der Waals surface area contributed by atoms with Crippen molar-refractivity contribution in [3.8, 4) is 0 Å². The molecule has 4 heteroatoms. The summed E-state index contributed by atoms with van der Waals surface area (Å²) >= 11 is 0. The number of carbonyl (C=O) groups is 1. The maximum absolute atomic E-state index is 11.9. The average molecular weight is 255 g/mol. The quantitative estimate of drug-likeness (QED) is 0.668. The Morgan fingerprint density at radius 2 is 1.78 bits per heavy atom. The first-order valence-corrected chi connectivity index (χ1v) is 7.48. The molecule has 0 radical (unpaired) electrons. The Balaban J connectivity index is 2.12. The number of amides is 1. The lowest BCUT2D eigenvalue weighted by molar-refractivity contribution is -0.133. The van der Waals surface area contributed by atoms with E-state index in [0.29, 0.717) is 5.91 Å². The molecular formula is C14H29N3O. The van der Waals surface area contributed by atoms with Crippen molar-refractivity contribution >= 4 is 5.91 Å². The number of carbonyl (C=O) groups excluding carboxylic acids is 1. The van der Waals surface area contributed by atoms with Crippen LogP contribution in [0.15, 0.2) is 0 Å². The lowest BCUT2D eigenvalue weighted by atomic mass is 10.2. The zero-order valence-corrected chi connectivity index (χ0v) is 11.9. The molecule has 0 unspecified atom stereocenters. The highest BCUT2D eigenvalue weighted by atomic mass is 16.2. The molecule has 0 aromatic heterocycles. The van der Waals surface area contributed by atoms with E-state index in [1.807, 2.05) is 4.90 Å². The summed E-state index contributed by atoms with van der Waals surface area (Å²) in [6, 6.07) is 0. The van der Waals surface area contributed by atoms with Gasteiger partial charge in [-0.3, -0.25) is 9.69 Å². The number of hydrogen-bond donors (Lipinski definition) is 1. The molecule has 18 heavy (non-hydrogen) atoms. The molecule has 0 bridgehead atoms. The fraction of sp³-hybridized carbons (Fsp3) is 0.929. The Labute approximate surface area is 111 Å². The van der Waals surface area contributed by atoms with E-state index in [4.69, 9.17) is 5.73 Å². The van der Waals surface area contributed by atoms with Crippen LogP contribution in [0.1, 0.15) is 45.4 Å². The van der Waals surface area contributed by atoms with Gasteiger partial charge in [-0.15, -0.1) is 0 Å². The van der Waals surface area contributed by atoms with Crippen LogP contribution >= 0.6 is 0 Å². The van der Waals surface area contributed by atoms with Crippen molar-refractivity contribution in [3.05, 3.63) is 0 Å². The van der Waals surface area contributed by atoms with Crippen LogP contribution < -0.4 is 5.73 Å². The second kappa shape index (κ2) is 9.34. The summed E-state index contributed by atoms with van der Waals surface area (Å²) < 4.78 is 0. The fourth-order valence-corrected chi connectivity index (χ4v) is 2.38. The first-order chi connectivity index (χ1) is 8.77. The number of unbranched alkanes of at least 4 members (excludes halogenated alkanes) is 3. The predicted octanol–water partition coefficient (Wildman–Crippen LogP) is 1.45. The Kier molecular flexibility index (Phi) is 8.01. The topological polar surface area (TPSA) is 49.6 Å². The van der Waals surface area contributed by atoms with E-state index in [2.05, 4.69) is 11.8 Å². The molecule has 0 atom stereocenters. The highest BCUT2D eigenvalue weighted by Crippen LogP contribution is 2.08. The molecule has 1 rings (SSSR count). The third-order valence-corrected chi connectivity index (χ3v) is 3.65. The van der Waals surface area contributed by atoms with E-state index in [0.717, 1.165) is 58.5 Å². The van der Waals surface area contributed by atoms with Crippen molar-refractivity contribution in [3.63, 3.8) is 0 Å². The molecule has 1 saturated heterocycles. The molecule has 4 nitrogen and oxygen atoms in total. The molecule has 0 spiro atoms. The van der Waals surface area contributed by atoms with Crippen molar-refractivity contribution in [2.45, 2.75) is 45.4 Å². The standard InChI is InChI=1S/C14H29N3O/c1-2-3-4-7-14(18)17-12-10-16(11-13-17)9-6-5-8-15/h2-13,15H2,1H3. The largest absolute Gasteiger partial charge is 0.340 e. The first kappa shape index (κ1) is 15.4. The van der Waals surface area contributed by atoms with Crippen LogP contribution in [0.2, 0.25) is 0 Å². The summed E-state index contributed by atoms with van der Waals surface area (Å²) in [6.07, 6.45) is 6.43. The number of hydrogen-bond acceptors (Lipinski definition) is 3. The fourth-order valence-electron chi connectivity index (χ4n) is 2.38. The van der Waals surface area contributed by atoms with Gasteiger partial charge >= 0.3 is 0 Å². The molecule has 1 aliphatic rings. The van der Waals surface area contributed by atoms with E-state index in [1.165, 1.54) is 19.3 Å². The van der Waals surface area contributed by atoms with E-state index in [-0.39, 0.29) is 0 Å². The summed E-state index contributed by atoms with van der Waals surface area (Å²) in [6.45, 7) is 7.98. The third-order valence-electron chi connectivity index (χ3n) is 3.65. The van der Waals surface area contributed by atoms with Gasteiger partial charge in [0.2, 0.25) is 5.91 Å². The minimum atomic E-state index is 0.352. The zero-order valence-electron chi connectivity index (χ0n) is 11.9. The Morgan fingerprint density at radius 1 is 1.06 bits per heavy atom. The number of nitrogens with two attached hydrogens (primary N) is 1. The van der Waals surface area contributed by atoms with Gasteiger partial charge in [0.05, 0.1) is 0 Å². The molecule has 1 fully saturated rings. The Hall–Kier alpha value is -0.610. The SMILES string of the molecule is CCCCCC(=O)N1CCN(CCCCN)CC1. The molecule has 0 aromatic carbocycles. The lowest BCUT2D eigenvalue weighted by Gasteiger charge is -2.34. The molecule has 1 amide bonds. The average Bonchev–Trinajstić information content (AvgIpc) is 2.40. The monoisotopic (exact) mass is 255 g/mol. The Morgan fingerprint density at radius 3 is 2.39 bits per heavy atom. The van der Waals surface area contributed by atoms with Crippen LogP contribution in [0.5, 0.6) is 0 Å². The van der Waals surface area contributed by atoms with Gasteiger partial charge in [-0.25, -0.2) is 0 Å². The highest BCUT2D eigenvalue weighted by Gasteiger charge is 2.19. The van der Waals surface area contributed by atoms with Gasteiger partial charge in [-0.05, 0) is 32.4 Å². The van der Waals surface area contributed by atoms with Crippen LogP contribution in [0.3, 0.4) is 0 Å². The van der Waals surface area contributed by atoms with Crippen LogP contribution in [0.4, 0.5) is 0 Å². The normalized spacial score (nSPS) is 17.1. The van der Waals surface area contributed by atoms with E-state index < -0.39 is 0 Å². The van der Waals surface area contributed by atoms with Crippen molar-refractivity contribution in [1.82, 2.24) is 9.80 Å². The summed E-state index contributed by atoms with van der Waals surface area (Å²) in [5, 5.41) is 0. The lowest BCUT2D eigenvalue weighted by Crippen LogP contribution is -2.48. The maximum Gasteiger partial charge on any atom is 0.222 e. The van der Waals surface area contributed by atoms with Crippen LogP contribution in [-0.2, 0) is 4.79 Å². The molecule has 0 saturated carbocycles.